The van der Waals surface area contributed by atoms with Gasteiger partial charge in [-0.15, -0.1) is 0 Å². The van der Waals surface area contributed by atoms with E-state index < -0.39 is 0 Å². The molecule has 0 radical (unpaired) electrons. The summed E-state index contributed by atoms with van der Waals surface area (Å²) in [5, 5.41) is 12.1. The molecule has 6 aromatic carbocycles. The van der Waals surface area contributed by atoms with Crippen LogP contribution in [0.2, 0.25) is 0 Å². The van der Waals surface area contributed by atoms with Crippen molar-refractivity contribution in [1.29, 1.82) is 0 Å². The summed E-state index contributed by atoms with van der Waals surface area (Å²) in [6.07, 6.45) is 24.0. The molecule has 8 aromatic rings. The smallest absolute Gasteiger partial charge is 0.136 e. The first kappa shape index (κ1) is 34.8. The molecule has 2 heterocycles. The fraction of sp³-hybridized carbons (Fsp3) is 0.400. The molecule has 8 rings (SSSR count). The summed E-state index contributed by atoms with van der Waals surface area (Å²) < 4.78 is 13.1. The first-order chi connectivity index (χ1) is 25.7. The third-order valence-corrected chi connectivity index (χ3v) is 11.7. The van der Waals surface area contributed by atoms with Gasteiger partial charge in [-0.25, -0.2) is 0 Å². The second-order valence-electron chi connectivity index (χ2n) is 15.8. The first-order valence-electron chi connectivity index (χ1n) is 20.8. The third-order valence-electron chi connectivity index (χ3n) is 11.7. The molecule has 52 heavy (non-hydrogen) atoms. The Morgan fingerprint density at radius 1 is 0.308 bits per heavy atom. The fourth-order valence-electron chi connectivity index (χ4n) is 8.61. The normalized spacial score (nSPS) is 12.3. The van der Waals surface area contributed by atoms with Gasteiger partial charge < -0.3 is 8.83 Å². The molecule has 0 atom stereocenters. The van der Waals surface area contributed by atoms with Crippen molar-refractivity contribution in [2.75, 3.05) is 0 Å². The lowest BCUT2D eigenvalue weighted by Gasteiger charge is -2.05. The van der Waals surface area contributed by atoms with Crippen molar-refractivity contribution in [3.8, 4) is 0 Å². The molecule has 0 spiro atoms. The monoisotopic (exact) mass is 688 g/mol. The molecule has 2 heteroatoms. The minimum atomic E-state index is 0.943. The molecule has 0 aliphatic heterocycles. The van der Waals surface area contributed by atoms with Crippen LogP contribution in [0.1, 0.15) is 128 Å². The van der Waals surface area contributed by atoms with Crippen molar-refractivity contribution in [2.24, 2.45) is 0 Å². The summed E-state index contributed by atoms with van der Waals surface area (Å²) in [7, 11) is 0. The summed E-state index contributed by atoms with van der Waals surface area (Å²) in [6, 6.07) is 32.2. The van der Waals surface area contributed by atoms with Crippen molar-refractivity contribution >= 4 is 76.2 Å². The summed E-state index contributed by atoms with van der Waals surface area (Å²) in [4.78, 5) is 0. The second-order valence-corrected chi connectivity index (χ2v) is 15.8. The van der Waals surface area contributed by atoms with Crippen molar-refractivity contribution in [2.45, 2.75) is 129 Å². The van der Waals surface area contributed by atoms with Crippen LogP contribution in [0.25, 0.3) is 76.2 Å². The summed E-state index contributed by atoms with van der Waals surface area (Å²) >= 11 is 0. The lowest BCUT2D eigenvalue weighted by atomic mass is 9.98. The molecule has 0 saturated carbocycles. The van der Waals surface area contributed by atoms with Gasteiger partial charge >= 0.3 is 0 Å². The van der Waals surface area contributed by atoms with Gasteiger partial charge in [-0.1, -0.05) is 140 Å². The van der Waals surface area contributed by atoms with Gasteiger partial charge in [-0.05, 0) is 118 Å². The molecular formula is C50H56O2. The minimum Gasteiger partial charge on any atom is -0.456 e. The molecular weight excluding hydrogens is 633 g/mol. The average molecular weight is 689 g/mol. The SMILES string of the molecule is CCCCCCCCCCc1ccc2cc3c(cc2c1)oc1cc2cc4c(cc2cc13)oc1cc2cc(CCCCCCCCCC)ccc2cc14. The second kappa shape index (κ2) is 16.2. The molecule has 0 saturated heterocycles. The highest BCUT2D eigenvalue weighted by atomic mass is 16.3. The standard InChI is InChI=1S/C50H56O2/c1-3-5-7-9-11-13-15-17-19-35-21-23-37-27-43-45-29-41-34-50-46(30-42(41)33-49(45)51-47(43)31-39(37)25-35)44-28-38-24-22-36(26-40(38)32-48(44)52-50)20-18-16-14-12-10-8-6-4-2/h21-34H,3-20H2,1-2H3. The van der Waals surface area contributed by atoms with Crippen LogP contribution in [0.4, 0.5) is 0 Å². The molecule has 0 fully saturated rings. The molecule has 0 amide bonds. The third kappa shape index (κ3) is 7.59. The number of unbranched alkanes of at least 4 members (excludes halogenated alkanes) is 14. The average Bonchev–Trinajstić information content (AvgIpc) is 3.68. The van der Waals surface area contributed by atoms with Crippen molar-refractivity contribution < 1.29 is 8.83 Å². The molecule has 0 N–H and O–H groups in total. The van der Waals surface area contributed by atoms with Crippen LogP contribution in [-0.2, 0) is 12.8 Å². The van der Waals surface area contributed by atoms with E-state index in [0.29, 0.717) is 0 Å². The van der Waals surface area contributed by atoms with Gasteiger partial charge in [0.25, 0.3) is 0 Å². The van der Waals surface area contributed by atoms with E-state index in [2.05, 4.69) is 98.8 Å². The summed E-state index contributed by atoms with van der Waals surface area (Å²) in [5.41, 5.74) is 6.68. The van der Waals surface area contributed by atoms with Crippen LogP contribution in [0.3, 0.4) is 0 Å². The fourth-order valence-corrected chi connectivity index (χ4v) is 8.61. The van der Waals surface area contributed by atoms with Gasteiger partial charge in [0.1, 0.15) is 22.3 Å². The lowest BCUT2D eigenvalue weighted by Crippen LogP contribution is -1.87. The Hall–Kier alpha value is -4.30. The Morgan fingerprint density at radius 2 is 0.615 bits per heavy atom. The number of fused-ring (bicyclic) bond motifs is 9. The topological polar surface area (TPSA) is 26.3 Å². The Kier molecular flexibility index (Phi) is 10.8. The molecule has 2 aromatic heterocycles. The number of hydrogen-bond acceptors (Lipinski definition) is 2. The van der Waals surface area contributed by atoms with Gasteiger partial charge in [-0.3, -0.25) is 0 Å². The van der Waals surface area contributed by atoms with Gasteiger partial charge in [-0.2, -0.15) is 0 Å². The quantitative estimate of drug-likeness (QED) is 0.0839. The number of furan rings is 2. The van der Waals surface area contributed by atoms with E-state index in [1.54, 1.807) is 0 Å². The van der Waals surface area contributed by atoms with E-state index in [9.17, 15) is 0 Å². The van der Waals surface area contributed by atoms with Gasteiger partial charge in [0.15, 0.2) is 0 Å². The molecule has 0 aliphatic carbocycles. The molecule has 0 aliphatic rings. The zero-order valence-electron chi connectivity index (χ0n) is 31.6. The van der Waals surface area contributed by atoms with Crippen molar-refractivity contribution in [1.82, 2.24) is 0 Å². The van der Waals surface area contributed by atoms with Crippen LogP contribution in [-0.4, -0.2) is 0 Å². The maximum atomic E-state index is 6.55. The highest BCUT2D eigenvalue weighted by Crippen LogP contribution is 2.39. The highest BCUT2D eigenvalue weighted by Gasteiger charge is 2.14. The Labute approximate surface area is 309 Å². The van der Waals surface area contributed by atoms with E-state index in [-0.39, 0.29) is 0 Å². The van der Waals surface area contributed by atoms with Gasteiger partial charge in [0.05, 0.1) is 0 Å². The number of benzene rings is 6. The number of aryl methyl sites for hydroxylation is 2. The number of hydrogen-bond donors (Lipinski definition) is 0. The summed E-state index contributed by atoms with van der Waals surface area (Å²) in [5.74, 6) is 0. The molecule has 0 bridgehead atoms. The Balaban J connectivity index is 1.00. The van der Waals surface area contributed by atoms with Crippen LogP contribution in [0.15, 0.2) is 93.8 Å². The predicted molar refractivity (Wildman–Crippen MR) is 226 cm³/mol. The Bertz CT molecular complexity index is 2280. The number of rotatable bonds is 18. The first-order valence-corrected chi connectivity index (χ1v) is 20.8. The van der Waals surface area contributed by atoms with Crippen LogP contribution >= 0.6 is 0 Å². The molecule has 2 nitrogen and oxygen atoms in total. The van der Waals surface area contributed by atoms with E-state index in [1.165, 1.54) is 157 Å². The minimum absolute atomic E-state index is 0.943. The van der Waals surface area contributed by atoms with E-state index in [0.717, 1.165) is 45.9 Å². The van der Waals surface area contributed by atoms with Gasteiger partial charge in [0.2, 0.25) is 0 Å². The maximum absolute atomic E-state index is 6.55. The lowest BCUT2D eigenvalue weighted by molar-refractivity contribution is 0.575. The van der Waals surface area contributed by atoms with E-state index in [4.69, 9.17) is 8.83 Å². The zero-order valence-corrected chi connectivity index (χ0v) is 31.6. The molecule has 0 unspecified atom stereocenters. The summed E-state index contributed by atoms with van der Waals surface area (Å²) in [6.45, 7) is 4.58. The predicted octanol–water partition coefficient (Wildman–Crippen LogP) is 16.3. The molecule has 268 valence electrons. The van der Waals surface area contributed by atoms with Crippen molar-refractivity contribution in [3.63, 3.8) is 0 Å². The van der Waals surface area contributed by atoms with E-state index >= 15 is 0 Å². The van der Waals surface area contributed by atoms with Crippen LogP contribution in [0.5, 0.6) is 0 Å². The van der Waals surface area contributed by atoms with Crippen LogP contribution in [0, 0.1) is 0 Å². The Morgan fingerprint density at radius 3 is 0.981 bits per heavy atom. The highest BCUT2D eigenvalue weighted by molar-refractivity contribution is 6.17. The zero-order chi connectivity index (χ0) is 35.3. The maximum Gasteiger partial charge on any atom is 0.136 e. The van der Waals surface area contributed by atoms with Crippen LogP contribution < -0.4 is 0 Å². The van der Waals surface area contributed by atoms with Crippen molar-refractivity contribution in [3.05, 3.63) is 96.1 Å². The van der Waals surface area contributed by atoms with Gasteiger partial charge in [0, 0.05) is 21.5 Å². The largest absolute Gasteiger partial charge is 0.456 e. The van der Waals surface area contributed by atoms with E-state index in [1.807, 2.05) is 0 Å².